The van der Waals surface area contributed by atoms with E-state index in [2.05, 4.69) is 39.2 Å². The third-order valence-electron chi connectivity index (χ3n) is 11.8. The van der Waals surface area contributed by atoms with Gasteiger partial charge in [0, 0.05) is 66.8 Å². The molecule has 13 heteroatoms. The summed E-state index contributed by atoms with van der Waals surface area (Å²) in [5.41, 5.74) is 9.37. The minimum absolute atomic E-state index is 0.00495. The van der Waals surface area contributed by atoms with E-state index >= 15 is 0 Å². The van der Waals surface area contributed by atoms with Gasteiger partial charge in [-0.3, -0.25) is 19.6 Å². The summed E-state index contributed by atoms with van der Waals surface area (Å²) in [6.45, 7) is 4.30. The molecule has 1 aliphatic carbocycles. The van der Waals surface area contributed by atoms with Gasteiger partial charge in [0.1, 0.15) is 11.0 Å². The lowest BCUT2D eigenvalue weighted by molar-refractivity contribution is -0.141. The zero-order valence-electron chi connectivity index (χ0n) is 31.1. The fourth-order valence-electron chi connectivity index (χ4n) is 8.91. The van der Waals surface area contributed by atoms with E-state index in [4.69, 9.17) is 19.1 Å². The molecular weight excluding hydrogens is 719 g/mol. The number of aliphatic hydroxyl groups is 1. The molecular formula is C43H42F2N6O5. The van der Waals surface area contributed by atoms with Gasteiger partial charge in [0.2, 0.25) is 5.89 Å². The van der Waals surface area contributed by atoms with Crippen LogP contribution in [0.2, 0.25) is 0 Å². The first kappa shape index (κ1) is 36.2. The molecule has 3 aromatic carbocycles. The molecule has 0 saturated carbocycles. The monoisotopic (exact) mass is 760 g/mol. The van der Waals surface area contributed by atoms with Crippen LogP contribution in [-0.2, 0) is 17.8 Å². The van der Waals surface area contributed by atoms with Crippen molar-refractivity contribution >= 4 is 39.5 Å². The summed E-state index contributed by atoms with van der Waals surface area (Å²) in [5, 5.41) is 24.0. The van der Waals surface area contributed by atoms with Gasteiger partial charge in [-0.05, 0) is 110 Å². The minimum Gasteiger partial charge on any atom is -0.481 e. The van der Waals surface area contributed by atoms with Crippen molar-refractivity contribution in [1.29, 1.82) is 0 Å². The van der Waals surface area contributed by atoms with Crippen LogP contribution in [0.4, 0.5) is 20.3 Å². The molecule has 0 bridgehead atoms. The molecule has 288 valence electrons. The molecule has 0 radical (unpaired) electrons. The second kappa shape index (κ2) is 14.5. The molecule has 9 rings (SSSR count). The second-order valence-corrected chi connectivity index (χ2v) is 15.2. The van der Waals surface area contributed by atoms with Gasteiger partial charge in [-0.2, -0.15) is 8.78 Å². The number of nitrogens with one attached hydrogen (secondary N) is 1. The molecule has 6 aromatic rings. The van der Waals surface area contributed by atoms with E-state index in [1.54, 1.807) is 6.20 Å². The normalized spacial score (nSPS) is 20.1. The lowest BCUT2D eigenvalue weighted by Gasteiger charge is -2.24. The number of hydrogen-bond donors (Lipinski definition) is 3. The summed E-state index contributed by atoms with van der Waals surface area (Å²) in [6, 6.07) is 17.8. The van der Waals surface area contributed by atoms with Crippen LogP contribution < -0.4 is 10.1 Å². The van der Waals surface area contributed by atoms with Gasteiger partial charge >= 0.3 is 12.6 Å². The summed E-state index contributed by atoms with van der Waals surface area (Å²) >= 11 is 0. The van der Waals surface area contributed by atoms with Crippen molar-refractivity contribution in [2.75, 3.05) is 31.5 Å². The molecule has 3 aromatic heterocycles. The average Bonchev–Trinajstić information content (AvgIpc) is 3.99. The van der Waals surface area contributed by atoms with Crippen LogP contribution in [0.5, 0.6) is 5.75 Å². The van der Waals surface area contributed by atoms with Gasteiger partial charge in [0.15, 0.2) is 17.2 Å². The number of carboxylic acid groups (broad SMARTS) is 1. The number of β-amino-alcohol motifs (C(OH)–C–C–N with tert-alkyl or cyclic N) is 1. The molecule has 2 saturated heterocycles. The van der Waals surface area contributed by atoms with E-state index in [1.165, 1.54) is 0 Å². The Morgan fingerprint density at radius 3 is 2.57 bits per heavy atom. The average molecular weight is 761 g/mol. The highest BCUT2D eigenvalue weighted by molar-refractivity contribution is 5.91. The Balaban J connectivity index is 1.03. The number of rotatable bonds is 10. The number of aliphatic carboxylic acids is 1. The van der Waals surface area contributed by atoms with Crippen molar-refractivity contribution in [3.63, 3.8) is 0 Å². The van der Waals surface area contributed by atoms with Crippen LogP contribution in [0.25, 0.3) is 44.6 Å². The largest absolute Gasteiger partial charge is 0.481 e. The highest BCUT2D eigenvalue weighted by atomic mass is 19.3. The van der Waals surface area contributed by atoms with Crippen molar-refractivity contribution in [3.8, 4) is 28.3 Å². The Morgan fingerprint density at radius 2 is 1.80 bits per heavy atom. The molecule has 0 unspecified atom stereocenters. The molecule has 3 N–H and O–H groups in total. The first-order valence-corrected chi connectivity index (χ1v) is 19.1. The highest BCUT2D eigenvalue weighted by Crippen LogP contribution is 2.47. The Labute approximate surface area is 322 Å². The number of ether oxygens (including phenoxy) is 1. The van der Waals surface area contributed by atoms with Crippen molar-refractivity contribution in [2.45, 2.75) is 64.8 Å². The smallest absolute Gasteiger partial charge is 0.387 e. The maximum Gasteiger partial charge on any atom is 0.387 e. The van der Waals surface area contributed by atoms with Crippen LogP contribution in [0.3, 0.4) is 0 Å². The molecule has 5 heterocycles. The number of likely N-dealkylation sites (tertiary alicyclic amines) is 2. The van der Waals surface area contributed by atoms with E-state index < -0.39 is 18.5 Å². The summed E-state index contributed by atoms with van der Waals surface area (Å²) in [4.78, 5) is 30.3. The van der Waals surface area contributed by atoms with E-state index in [1.807, 2.05) is 55.6 Å². The zero-order chi connectivity index (χ0) is 38.7. The van der Waals surface area contributed by atoms with Gasteiger partial charge in [-0.1, -0.05) is 24.3 Å². The summed E-state index contributed by atoms with van der Waals surface area (Å²) in [5.74, 6) is -0.319. The van der Waals surface area contributed by atoms with Crippen molar-refractivity contribution in [2.24, 2.45) is 5.92 Å². The van der Waals surface area contributed by atoms with Crippen LogP contribution >= 0.6 is 0 Å². The molecule has 2 fully saturated rings. The van der Waals surface area contributed by atoms with Gasteiger partial charge < -0.3 is 24.7 Å². The van der Waals surface area contributed by atoms with Crippen LogP contribution in [0.1, 0.15) is 53.1 Å². The van der Waals surface area contributed by atoms with Crippen LogP contribution in [0, 0.1) is 19.8 Å². The number of carboxylic acids is 1. The number of hydrogen-bond acceptors (Lipinski definition) is 10. The molecule has 3 atom stereocenters. The maximum absolute atomic E-state index is 13.9. The first-order valence-electron chi connectivity index (χ1n) is 19.1. The number of halogens is 2. The third kappa shape index (κ3) is 6.63. The Hall–Kier alpha value is -5.50. The van der Waals surface area contributed by atoms with Gasteiger partial charge in [-0.25, -0.2) is 9.97 Å². The van der Waals surface area contributed by atoms with E-state index in [0.717, 1.165) is 75.0 Å². The first-order chi connectivity index (χ1) is 27.1. The predicted molar refractivity (Wildman–Crippen MR) is 208 cm³/mol. The Kier molecular flexibility index (Phi) is 9.39. The fraction of sp³-hybridized carbons (Fsp3) is 0.349. The molecule has 0 spiro atoms. The van der Waals surface area contributed by atoms with Crippen LogP contribution in [0.15, 0.2) is 71.4 Å². The number of oxazole rings is 1. The number of nitrogens with zero attached hydrogens (tertiary/aromatic N) is 5. The summed E-state index contributed by atoms with van der Waals surface area (Å²) in [6.07, 6.45) is 5.91. The van der Waals surface area contributed by atoms with E-state index in [9.17, 15) is 23.8 Å². The number of anilines is 2. The highest BCUT2D eigenvalue weighted by Gasteiger charge is 2.38. The van der Waals surface area contributed by atoms with Gasteiger partial charge in [0.05, 0.1) is 12.0 Å². The number of aliphatic hydroxyl groups excluding tert-OH is 1. The van der Waals surface area contributed by atoms with Crippen LogP contribution in [-0.4, -0.2) is 79.8 Å². The zero-order valence-corrected chi connectivity index (χ0v) is 31.1. The van der Waals surface area contributed by atoms with Crippen molar-refractivity contribution in [3.05, 3.63) is 94.8 Å². The maximum atomic E-state index is 13.9. The summed E-state index contributed by atoms with van der Waals surface area (Å²) < 4.78 is 39.2. The lowest BCUT2D eigenvalue weighted by atomic mass is 9.93. The number of benzene rings is 3. The Bertz CT molecular complexity index is 2490. The standard InChI is InChI=1S/C43H42F2N6O5/c1-23-29(30-6-4-8-34(24(30)2)48-40-37-26(11-14-46-40)17-25(19-47-37)20-50-15-13-28(52)22-50)5-3-7-31(23)41-49-35-18-33-32(38(39(35)55-41)56-43(44)45)9-10-36(33)51-16-12-27(21-51)42(53)54/h3-8,11,14,17-19,27-28,36,43,52H,9-10,12-13,15-16,20-22H2,1-2H3,(H,46,48)(H,53,54)/t27-,28-,36-/m1/s1. The number of carbonyl (C=O) groups is 1. The number of fused-ring (bicyclic) bond motifs is 3. The van der Waals surface area contributed by atoms with Crippen molar-refractivity contribution < 1.29 is 32.9 Å². The molecule has 2 aliphatic heterocycles. The third-order valence-corrected chi connectivity index (χ3v) is 11.8. The predicted octanol–water partition coefficient (Wildman–Crippen LogP) is 8.03. The topological polar surface area (TPSA) is 137 Å². The van der Waals surface area contributed by atoms with Crippen molar-refractivity contribution in [1.82, 2.24) is 24.8 Å². The molecule has 3 aliphatic rings. The number of aromatic nitrogens is 3. The second-order valence-electron chi connectivity index (χ2n) is 15.2. The SMILES string of the molecule is Cc1c(Nc2nccc3cc(CN4CC[C@@H](O)C4)cnc23)cccc1-c1cccc(-c2nc3cc4c(c(OC(F)F)c3o2)CC[C@H]4N2CC[C@@H](C(=O)O)C2)c1C. The minimum atomic E-state index is -3.05. The molecule has 56 heavy (non-hydrogen) atoms. The van der Waals surface area contributed by atoms with Gasteiger partial charge in [0.25, 0.3) is 0 Å². The van der Waals surface area contributed by atoms with Gasteiger partial charge in [-0.15, -0.1) is 0 Å². The summed E-state index contributed by atoms with van der Waals surface area (Å²) in [7, 11) is 0. The fourth-order valence-corrected chi connectivity index (χ4v) is 8.91. The quantitative estimate of drug-likeness (QED) is 0.125. The molecule has 0 amide bonds. The molecule has 11 nitrogen and oxygen atoms in total. The number of pyridine rings is 2. The lowest BCUT2D eigenvalue weighted by Crippen LogP contribution is -2.26. The number of alkyl halides is 2. The Morgan fingerprint density at radius 1 is 1.00 bits per heavy atom. The van der Waals surface area contributed by atoms with E-state index in [0.29, 0.717) is 61.7 Å². The van der Waals surface area contributed by atoms with E-state index in [-0.39, 0.29) is 23.5 Å².